The van der Waals surface area contributed by atoms with Crippen molar-refractivity contribution in [2.75, 3.05) is 17.0 Å². The topological polar surface area (TPSA) is 58.2 Å². The van der Waals surface area contributed by atoms with Crippen LogP contribution < -0.4 is 10.0 Å². The summed E-state index contributed by atoms with van der Waals surface area (Å²) in [4.78, 5) is 0. The molecule has 1 atom stereocenters. The van der Waals surface area contributed by atoms with Gasteiger partial charge in [0.05, 0.1) is 11.4 Å². The molecule has 0 aromatic heterocycles. The lowest BCUT2D eigenvalue weighted by atomic mass is 10.1. The van der Waals surface area contributed by atoms with Crippen LogP contribution in [0.2, 0.25) is 0 Å². The van der Waals surface area contributed by atoms with Crippen LogP contribution in [0.5, 0.6) is 0 Å². The lowest BCUT2D eigenvalue weighted by molar-refractivity contribution is 0.424. The molecule has 0 spiro atoms. The predicted octanol–water partition coefficient (Wildman–Crippen LogP) is 2.02. The number of rotatable bonds is 4. The number of aryl methyl sites for hydroxylation is 1. The number of sulfonamides is 1. The minimum absolute atomic E-state index is 0.0135. The first-order valence-electron chi connectivity index (χ1n) is 6.46. The Morgan fingerprint density at radius 3 is 2.89 bits per heavy atom. The van der Waals surface area contributed by atoms with Crippen LogP contribution in [-0.4, -0.2) is 26.8 Å². The normalized spacial score (nSPS) is 20.2. The third kappa shape index (κ3) is 4.18. The van der Waals surface area contributed by atoms with Gasteiger partial charge in [-0.25, -0.2) is 12.8 Å². The van der Waals surface area contributed by atoms with Crippen molar-refractivity contribution >= 4 is 15.7 Å². The van der Waals surface area contributed by atoms with Gasteiger partial charge >= 0.3 is 0 Å². The van der Waals surface area contributed by atoms with Crippen molar-refractivity contribution < 1.29 is 12.8 Å². The Balaban J connectivity index is 2.05. The molecule has 1 aliphatic heterocycles. The van der Waals surface area contributed by atoms with Crippen molar-refractivity contribution in [3.8, 4) is 0 Å². The molecule has 0 aliphatic carbocycles. The van der Waals surface area contributed by atoms with Crippen LogP contribution in [0.4, 0.5) is 10.1 Å². The summed E-state index contributed by atoms with van der Waals surface area (Å²) in [7, 11) is -3.53. The second-order valence-electron chi connectivity index (χ2n) is 5.01. The standard InChI is InChI=1S/C13H19FN2O2S/c1-10-5-6-12(14)13(8-10)16-19(17,18)9-11-4-2-3-7-15-11/h5-6,8,11,15-16H,2-4,7,9H2,1H3. The highest BCUT2D eigenvalue weighted by atomic mass is 32.2. The molecule has 1 unspecified atom stereocenters. The molecule has 2 rings (SSSR count). The monoisotopic (exact) mass is 286 g/mol. The Bertz CT molecular complexity index is 540. The van der Waals surface area contributed by atoms with Crippen LogP contribution in [0.1, 0.15) is 24.8 Å². The van der Waals surface area contributed by atoms with Gasteiger partial charge in [-0.3, -0.25) is 4.72 Å². The quantitative estimate of drug-likeness (QED) is 0.890. The summed E-state index contributed by atoms with van der Waals surface area (Å²) in [5.41, 5.74) is 0.839. The summed E-state index contributed by atoms with van der Waals surface area (Å²) in [5, 5.41) is 3.17. The number of piperidine rings is 1. The highest BCUT2D eigenvalue weighted by Crippen LogP contribution is 2.18. The van der Waals surface area contributed by atoms with E-state index in [1.807, 2.05) is 0 Å². The molecule has 106 valence electrons. The van der Waals surface area contributed by atoms with Gasteiger partial charge in [0.2, 0.25) is 10.0 Å². The van der Waals surface area contributed by atoms with Crippen LogP contribution in [0, 0.1) is 12.7 Å². The van der Waals surface area contributed by atoms with Crippen LogP contribution in [0.25, 0.3) is 0 Å². The molecule has 4 nitrogen and oxygen atoms in total. The van der Waals surface area contributed by atoms with Crippen molar-refractivity contribution in [2.45, 2.75) is 32.2 Å². The number of halogens is 1. The Kier molecular flexibility index (Phi) is 4.42. The third-order valence-electron chi connectivity index (χ3n) is 3.22. The second-order valence-corrected chi connectivity index (χ2v) is 6.78. The predicted molar refractivity (Wildman–Crippen MR) is 74.2 cm³/mol. The molecular weight excluding hydrogens is 267 g/mol. The Labute approximate surface area is 113 Å². The largest absolute Gasteiger partial charge is 0.313 e. The summed E-state index contributed by atoms with van der Waals surface area (Å²) in [6, 6.07) is 4.34. The van der Waals surface area contributed by atoms with Gasteiger partial charge in [0.25, 0.3) is 0 Å². The average Bonchev–Trinajstić information content (AvgIpc) is 2.34. The number of benzene rings is 1. The molecule has 0 radical (unpaired) electrons. The van der Waals surface area contributed by atoms with Gasteiger partial charge in [0, 0.05) is 6.04 Å². The van der Waals surface area contributed by atoms with Crippen LogP contribution in [0.15, 0.2) is 18.2 Å². The maximum absolute atomic E-state index is 13.5. The lowest BCUT2D eigenvalue weighted by Crippen LogP contribution is -2.40. The molecule has 0 saturated carbocycles. The van der Waals surface area contributed by atoms with Gasteiger partial charge in [0.1, 0.15) is 5.82 Å². The first-order chi connectivity index (χ1) is 8.96. The molecule has 1 saturated heterocycles. The fraction of sp³-hybridized carbons (Fsp3) is 0.538. The zero-order valence-electron chi connectivity index (χ0n) is 10.9. The molecule has 19 heavy (non-hydrogen) atoms. The summed E-state index contributed by atoms with van der Waals surface area (Å²) in [5.74, 6) is -0.564. The molecule has 1 aromatic carbocycles. The molecule has 0 bridgehead atoms. The summed E-state index contributed by atoms with van der Waals surface area (Å²) in [6.45, 7) is 2.64. The van der Waals surface area contributed by atoms with E-state index in [2.05, 4.69) is 10.0 Å². The number of hydrogen-bond donors (Lipinski definition) is 2. The summed E-state index contributed by atoms with van der Waals surface area (Å²) in [6.07, 6.45) is 2.96. The Morgan fingerprint density at radius 2 is 2.21 bits per heavy atom. The second kappa shape index (κ2) is 5.88. The van der Waals surface area contributed by atoms with Gasteiger partial charge in [-0.2, -0.15) is 0 Å². The van der Waals surface area contributed by atoms with Crippen molar-refractivity contribution in [3.05, 3.63) is 29.6 Å². The molecule has 0 amide bonds. The molecular formula is C13H19FN2O2S. The van der Waals surface area contributed by atoms with E-state index in [-0.39, 0.29) is 17.5 Å². The van der Waals surface area contributed by atoms with Crippen molar-refractivity contribution in [2.24, 2.45) is 0 Å². The third-order valence-corrected chi connectivity index (χ3v) is 4.59. The SMILES string of the molecule is Cc1ccc(F)c(NS(=O)(=O)CC2CCCCN2)c1. The van der Waals surface area contributed by atoms with E-state index in [0.29, 0.717) is 0 Å². The number of nitrogens with one attached hydrogen (secondary N) is 2. The molecule has 1 fully saturated rings. The first kappa shape index (κ1) is 14.3. The molecule has 1 aliphatic rings. The van der Waals surface area contributed by atoms with E-state index in [4.69, 9.17) is 0 Å². The molecule has 6 heteroatoms. The Morgan fingerprint density at radius 1 is 1.42 bits per heavy atom. The van der Waals surface area contributed by atoms with E-state index in [1.165, 1.54) is 12.1 Å². The van der Waals surface area contributed by atoms with Gasteiger partial charge in [-0.1, -0.05) is 12.5 Å². The zero-order valence-corrected chi connectivity index (χ0v) is 11.8. The van der Waals surface area contributed by atoms with Crippen LogP contribution >= 0.6 is 0 Å². The number of anilines is 1. The highest BCUT2D eigenvalue weighted by Gasteiger charge is 2.21. The minimum Gasteiger partial charge on any atom is -0.313 e. The maximum Gasteiger partial charge on any atom is 0.234 e. The van der Waals surface area contributed by atoms with Gasteiger partial charge < -0.3 is 5.32 Å². The Hall–Kier alpha value is -1.14. The highest BCUT2D eigenvalue weighted by molar-refractivity contribution is 7.92. The molecule has 1 heterocycles. The molecule has 2 N–H and O–H groups in total. The van der Waals surface area contributed by atoms with E-state index in [1.54, 1.807) is 13.0 Å². The van der Waals surface area contributed by atoms with Gasteiger partial charge in [-0.05, 0) is 44.0 Å². The summed E-state index contributed by atoms with van der Waals surface area (Å²) < 4.78 is 39.9. The first-order valence-corrected chi connectivity index (χ1v) is 8.11. The smallest absolute Gasteiger partial charge is 0.234 e. The van der Waals surface area contributed by atoms with E-state index < -0.39 is 15.8 Å². The fourth-order valence-electron chi connectivity index (χ4n) is 2.26. The molecule has 1 aromatic rings. The lowest BCUT2D eigenvalue weighted by Gasteiger charge is -2.23. The number of hydrogen-bond acceptors (Lipinski definition) is 3. The van der Waals surface area contributed by atoms with Crippen molar-refractivity contribution in [1.29, 1.82) is 0 Å². The van der Waals surface area contributed by atoms with E-state index in [0.717, 1.165) is 31.4 Å². The van der Waals surface area contributed by atoms with Gasteiger partial charge in [0.15, 0.2) is 0 Å². The van der Waals surface area contributed by atoms with E-state index in [9.17, 15) is 12.8 Å². The van der Waals surface area contributed by atoms with Crippen molar-refractivity contribution in [3.63, 3.8) is 0 Å². The van der Waals surface area contributed by atoms with Crippen molar-refractivity contribution in [1.82, 2.24) is 5.32 Å². The maximum atomic E-state index is 13.5. The van der Waals surface area contributed by atoms with Gasteiger partial charge in [-0.15, -0.1) is 0 Å². The van der Waals surface area contributed by atoms with Crippen LogP contribution in [-0.2, 0) is 10.0 Å². The fourth-order valence-corrected chi connectivity index (χ4v) is 3.65. The summed E-state index contributed by atoms with van der Waals surface area (Å²) >= 11 is 0. The van der Waals surface area contributed by atoms with E-state index >= 15 is 0 Å². The zero-order chi connectivity index (χ0) is 13.9. The average molecular weight is 286 g/mol. The minimum atomic E-state index is -3.53. The van der Waals surface area contributed by atoms with Crippen LogP contribution in [0.3, 0.4) is 0 Å².